The lowest BCUT2D eigenvalue weighted by Crippen LogP contribution is -2.54. The molecule has 2 saturated heterocycles. The first-order valence-electron chi connectivity index (χ1n) is 5.43. The summed E-state index contributed by atoms with van der Waals surface area (Å²) in [5.74, 6) is 3.24. The second kappa shape index (κ2) is 4.97. The molecule has 3 unspecified atom stereocenters. The van der Waals surface area contributed by atoms with E-state index in [2.05, 4.69) is 24.1 Å². The van der Waals surface area contributed by atoms with Crippen LogP contribution < -0.4 is 5.32 Å². The highest BCUT2D eigenvalue weighted by Gasteiger charge is 2.33. The molecule has 0 aliphatic carbocycles. The molecule has 0 aromatic carbocycles. The number of hydrogen-bond acceptors (Lipinski definition) is 4. The molecule has 5 heteroatoms. The van der Waals surface area contributed by atoms with Gasteiger partial charge in [0.2, 0.25) is 5.91 Å². The fourth-order valence-corrected chi connectivity index (χ4v) is 4.03. The van der Waals surface area contributed by atoms with E-state index in [9.17, 15) is 4.79 Å². The predicted molar refractivity (Wildman–Crippen MR) is 67.3 cm³/mol. The van der Waals surface area contributed by atoms with E-state index in [-0.39, 0.29) is 6.04 Å². The molecule has 0 spiro atoms. The summed E-state index contributed by atoms with van der Waals surface area (Å²) in [7, 11) is 0. The van der Waals surface area contributed by atoms with Gasteiger partial charge in [-0.1, -0.05) is 6.92 Å². The van der Waals surface area contributed by atoms with Crippen LogP contribution in [-0.2, 0) is 4.79 Å². The van der Waals surface area contributed by atoms with Crippen molar-refractivity contribution < 1.29 is 4.79 Å². The Morgan fingerprint density at radius 1 is 1.47 bits per heavy atom. The molecular formula is C10H18N2OS2. The molecule has 1 N–H and O–H groups in total. The number of nitrogens with zero attached hydrogens (tertiary/aromatic N) is 1. The summed E-state index contributed by atoms with van der Waals surface area (Å²) >= 11 is 3.78. The zero-order valence-electron chi connectivity index (χ0n) is 9.23. The number of amides is 1. The zero-order chi connectivity index (χ0) is 10.8. The van der Waals surface area contributed by atoms with Crippen molar-refractivity contribution in [2.75, 3.05) is 23.9 Å². The smallest absolute Gasteiger partial charge is 0.240 e. The fourth-order valence-electron chi connectivity index (χ4n) is 2.00. The minimum Gasteiger partial charge on any atom is -0.337 e. The van der Waals surface area contributed by atoms with Crippen LogP contribution in [0.4, 0.5) is 0 Å². The van der Waals surface area contributed by atoms with E-state index in [1.807, 2.05) is 23.5 Å². The van der Waals surface area contributed by atoms with Gasteiger partial charge in [-0.2, -0.15) is 11.8 Å². The van der Waals surface area contributed by atoms with Gasteiger partial charge in [0.1, 0.15) is 0 Å². The lowest BCUT2D eigenvalue weighted by Gasteiger charge is -2.38. The van der Waals surface area contributed by atoms with Gasteiger partial charge in [0, 0.05) is 35.2 Å². The van der Waals surface area contributed by atoms with E-state index in [0.29, 0.717) is 17.2 Å². The highest BCUT2D eigenvalue weighted by atomic mass is 32.2. The number of hydrogen-bond donors (Lipinski definition) is 1. The van der Waals surface area contributed by atoms with Gasteiger partial charge in [0.05, 0.1) is 6.04 Å². The summed E-state index contributed by atoms with van der Waals surface area (Å²) in [5, 5.41) is 3.82. The number of thioether (sulfide) groups is 2. The van der Waals surface area contributed by atoms with Crippen LogP contribution in [0.15, 0.2) is 0 Å². The van der Waals surface area contributed by atoms with Crippen LogP contribution in [0.1, 0.15) is 13.8 Å². The second-order valence-corrected chi connectivity index (χ2v) is 6.64. The maximum absolute atomic E-state index is 12.2. The topological polar surface area (TPSA) is 32.3 Å². The molecule has 86 valence electrons. The largest absolute Gasteiger partial charge is 0.337 e. The van der Waals surface area contributed by atoms with Crippen LogP contribution in [0.5, 0.6) is 0 Å². The third kappa shape index (κ3) is 2.45. The van der Waals surface area contributed by atoms with Gasteiger partial charge in [-0.05, 0) is 6.92 Å². The highest BCUT2D eigenvalue weighted by Crippen LogP contribution is 2.25. The van der Waals surface area contributed by atoms with Gasteiger partial charge in [-0.15, -0.1) is 11.8 Å². The van der Waals surface area contributed by atoms with E-state index in [4.69, 9.17) is 0 Å². The highest BCUT2D eigenvalue weighted by molar-refractivity contribution is 8.00. The van der Waals surface area contributed by atoms with E-state index < -0.39 is 0 Å². The van der Waals surface area contributed by atoms with Crippen molar-refractivity contribution in [3.63, 3.8) is 0 Å². The molecule has 2 aliphatic rings. The Labute approximate surface area is 99.7 Å². The number of rotatable bonds is 1. The molecular weight excluding hydrogens is 228 g/mol. The third-order valence-corrected chi connectivity index (χ3v) is 5.46. The van der Waals surface area contributed by atoms with Gasteiger partial charge in [-0.25, -0.2) is 0 Å². The Balaban J connectivity index is 1.98. The summed E-state index contributed by atoms with van der Waals surface area (Å²) in [6, 6.07) is 0.441. The standard InChI is InChI=1S/C10H18N2OS2/c1-7-8(2)15-4-3-12(7)10(13)9-5-14-6-11-9/h7-9,11H,3-6H2,1-2H3. The molecule has 2 heterocycles. The Bertz CT molecular complexity index is 244. The van der Waals surface area contributed by atoms with Crippen LogP contribution >= 0.6 is 23.5 Å². The number of carbonyl (C=O) groups excluding carboxylic acids is 1. The van der Waals surface area contributed by atoms with Crippen molar-refractivity contribution in [3.05, 3.63) is 0 Å². The first kappa shape index (κ1) is 11.6. The number of carbonyl (C=O) groups is 1. The van der Waals surface area contributed by atoms with Gasteiger partial charge < -0.3 is 4.90 Å². The van der Waals surface area contributed by atoms with Crippen LogP contribution in [0.3, 0.4) is 0 Å². The number of nitrogens with one attached hydrogen (secondary N) is 1. The average Bonchev–Trinajstić information content (AvgIpc) is 2.74. The van der Waals surface area contributed by atoms with Crippen LogP contribution in [0, 0.1) is 0 Å². The minimum atomic E-state index is 0.0627. The molecule has 1 amide bonds. The monoisotopic (exact) mass is 246 g/mol. The Morgan fingerprint density at radius 3 is 2.93 bits per heavy atom. The molecule has 0 aromatic heterocycles. The van der Waals surface area contributed by atoms with Gasteiger partial charge >= 0.3 is 0 Å². The fraction of sp³-hybridized carbons (Fsp3) is 0.900. The van der Waals surface area contributed by atoms with Gasteiger partial charge in [-0.3, -0.25) is 10.1 Å². The molecule has 2 fully saturated rings. The summed E-state index contributed by atoms with van der Waals surface area (Å²) in [6.45, 7) is 5.29. The molecule has 0 saturated carbocycles. The van der Waals surface area contributed by atoms with Gasteiger partial charge in [0.25, 0.3) is 0 Å². The predicted octanol–water partition coefficient (Wildman–Crippen LogP) is 1.00. The van der Waals surface area contributed by atoms with Crippen LogP contribution in [-0.4, -0.2) is 52.1 Å². The van der Waals surface area contributed by atoms with Crippen molar-refractivity contribution in [2.45, 2.75) is 31.2 Å². The molecule has 0 aromatic rings. The van der Waals surface area contributed by atoms with Crippen molar-refractivity contribution >= 4 is 29.4 Å². The second-order valence-electron chi connectivity index (χ2n) is 4.12. The first-order valence-corrected chi connectivity index (χ1v) is 7.63. The van der Waals surface area contributed by atoms with Crippen molar-refractivity contribution in [3.8, 4) is 0 Å². The van der Waals surface area contributed by atoms with Crippen molar-refractivity contribution in [1.82, 2.24) is 10.2 Å². The maximum atomic E-state index is 12.2. The van der Waals surface area contributed by atoms with E-state index in [1.165, 1.54) is 0 Å². The molecule has 0 radical (unpaired) electrons. The molecule has 2 rings (SSSR count). The third-order valence-electron chi connectivity index (χ3n) is 3.18. The molecule has 3 nitrogen and oxygen atoms in total. The van der Waals surface area contributed by atoms with Gasteiger partial charge in [0.15, 0.2) is 0 Å². The summed E-state index contributed by atoms with van der Waals surface area (Å²) in [6.07, 6.45) is 0. The van der Waals surface area contributed by atoms with E-state index >= 15 is 0 Å². The lowest BCUT2D eigenvalue weighted by atomic mass is 10.1. The average molecular weight is 246 g/mol. The Morgan fingerprint density at radius 2 is 2.27 bits per heavy atom. The summed E-state index contributed by atoms with van der Waals surface area (Å²) in [5.41, 5.74) is 0. The zero-order valence-corrected chi connectivity index (χ0v) is 10.9. The van der Waals surface area contributed by atoms with E-state index in [1.54, 1.807) is 0 Å². The minimum absolute atomic E-state index is 0.0627. The molecule has 0 bridgehead atoms. The summed E-state index contributed by atoms with van der Waals surface area (Å²) < 4.78 is 0. The van der Waals surface area contributed by atoms with Crippen LogP contribution in [0.2, 0.25) is 0 Å². The SMILES string of the molecule is CC1SCCN(C(=O)C2CSCN2)C1C. The van der Waals surface area contributed by atoms with Crippen molar-refractivity contribution in [2.24, 2.45) is 0 Å². The van der Waals surface area contributed by atoms with Crippen molar-refractivity contribution in [1.29, 1.82) is 0 Å². The molecule has 2 aliphatic heterocycles. The maximum Gasteiger partial charge on any atom is 0.240 e. The first-order chi connectivity index (χ1) is 7.20. The molecule has 3 atom stereocenters. The quantitative estimate of drug-likeness (QED) is 0.748. The summed E-state index contributed by atoms with van der Waals surface area (Å²) in [4.78, 5) is 14.3. The lowest BCUT2D eigenvalue weighted by molar-refractivity contribution is -0.134. The van der Waals surface area contributed by atoms with E-state index in [0.717, 1.165) is 23.9 Å². The molecule has 15 heavy (non-hydrogen) atoms. The Hall–Kier alpha value is 0.130. The van der Waals surface area contributed by atoms with Crippen LogP contribution in [0.25, 0.3) is 0 Å². The normalized spacial score (nSPS) is 36.9. The Kier molecular flexibility index (Phi) is 3.85.